The summed E-state index contributed by atoms with van der Waals surface area (Å²) in [5.41, 5.74) is 0.541. The van der Waals surface area contributed by atoms with Gasteiger partial charge in [0.1, 0.15) is 12.7 Å². The van der Waals surface area contributed by atoms with E-state index >= 15 is 0 Å². The van der Waals surface area contributed by atoms with Gasteiger partial charge in [-0.15, -0.1) is 0 Å². The van der Waals surface area contributed by atoms with Gasteiger partial charge in [-0.1, -0.05) is 6.07 Å². The summed E-state index contributed by atoms with van der Waals surface area (Å²) in [6.45, 7) is 8.63. The van der Waals surface area contributed by atoms with Crippen LogP contribution in [-0.2, 0) is 4.74 Å². The highest BCUT2D eigenvalue weighted by molar-refractivity contribution is 5.30. The second kappa shape index (κ2) is 7.20. The Morgan fingerprint density at radius 1 is 1.43 bits per heavy atom. The van der Waals surface area contributed by atoms with E-state index in [4.69, 9.17) is 9.47 Å². The van der Waals surface area contributed by atoms with Crippen LogP contribution in [0.3, 0.4) is 0 Å². The molecule has 0 aliphatic carbocycles. The Morgan fingerprint density at radius 3 is 2.81 bits per heavy atom. The lowest BCUT2D eigenvalue weighted by Crippen LogP contribution is -2.47. The summed E-state index contributed by atoms with van der Waals surface area (Å²) in [5.74, 6) is -0.255. The maximum Gasteiger partial charge on any atom is 0.165 e. The molecule has 1 aliphatic heterocycles. The number of hydrogen-bond acceptors (Lipinski definition) is 4. The molecule has 118 valence electrons. The molecule has 2 rings (SSSR count). The highest BCUT2D eigenvalue weighted by Gasteiger charge is 2.23. The Morgan fingerprint density at radius 2 is 2.19 bits per heavy atom. The van der Waals surface area contributed by atoms with Gasteiger partial charge in [-0.05, 0) is 38.5 Å². The Hall–Kier alpha value is -1.17. The molecule has 21 heavy (non-hydrogen) atoms. The zero-order valence-electron chi connectivity index (χ0n) is 12.9. The van der Waals surface area contributed by atoms with Crippen molar-refractivity contribution in [1.29, 1.82) is 0 Å². The summed E-state index contributed by atoms with van der Waals surface area (Å²) in [6.07, 6.45) is -0.730. The molecule has 1 unspecified atom stereocenters. The molecule has 2 atom stereocenters. The summed E-state index contributed by atoms with van der Waals surface area (Å²) in [4.78, 5) is 2.32. The summed E-state index contributed by atoms with van der Waals surface area (Å²) in [5, 5.41) is 9.42. The standard InChI is InChI=1S/C16H24FNO3/c1-11(2)18-6-7-20-14(9-18)10-21-16-5-4-13(12(3)19)8-15(16)17/h4-5,8,11-12,14,19H,6-7,9-10H2,1-3H3/t12-,14?/m0/s1. The summed E-state index contributed by atoms with van der Waals surface area (Å²) < 4.78 is 25.1. The molecule has 1 heterocycles. The smallest absolute Gasteiger partial charge is 0.165 e. The van der Waals surface area contributed by atoms with Crippen LogP contribution < -0.4 is 4.74 Å². The Kier molecular flexibility index (Phi) is 5.56. The highest BCUT2D eigenvalue weighted by Crippen LogP contribution is 2.22. The molecule has 1 aliphatic rings. The first-order chi connectivity index (χ1) is 9.97. The zero-order valence-corrected chi connectivity index (χ0v) is 12.9. The van der Waals surface area contributed by atoms with E-state index in [9.17, 15) is 9.50 Å². The quantitative estimate of drug-likeness (QED) is 0.906. The van der Waals surface area contributed by atoms with Crippen molar-refractivity contribution >= 4 is 0 Å². The van der Waals surface area contributed by atoms with Crippen molar-refractivity contribution in [3.63, 3.8) is 0 Å². The monoisotopic (exact) mass is 297 g/mol. The third kappa shape index (κ3) is 4.40. The van der Waals surface area contributed by atoms with Crippen molar-refractivity contribution < 1.29 is 19.0 Å². The number of ether oxygens (including phenoxy) is 2. The second-order valence-electron chi connectivity index (χ2n) is 5.76. The lowest BCUT2D eigenvalue weighted by atomic mass is 10.1. The normalized spacial score (nSPS) is 21.5. The van der Waals surface area contributed by atoms with Crippen LogP contribution in [0.25, 0.3) is 0 Å². The van der Waals surface area contributed by atoms with Crippen LogP contribution >= 0.6 is 0 Å². The first-order valence-corrected chi connectivity index (χ1v) is 7.43. The molecule has 0 saturated carbocycles. The zero-order chi connectivity index (χ0) is 15.4. The molecule has 1 N–H and O–H groups in total. The van der Waals surface area contributed by atoms with Crippen molar-refractivity contribution in [2.24, 2.45) is 0 Å². The fraction of sp³-hybridized carbons (Fsp3) is 0.625. The maximum atomic E-state index is 13.9. The number of nitrogens with zero attached hydrogens (tertiary/aromatic N) is 1. The van der Waals surface area contributed by atoms with Crippen LogP contribution in [0.15, 0.2) is 18.2 Å². The average molecular weight is 297 g/mol. The Labute approximate surface area is 125 Å². The van der Waals surface area contributed by atoms with Crippen LogP contribution in [0, 0.1) is 5.82 Å². The first kappa shape index (κ1) is 16.2. The molecule has 1 aromatic carbocycles. The maximum absolute atomic E-state index is 13.9. The fourth-order valence-corrected chi connectivity index (χ4v) is 2.39. The van der Waals surface area contributed by atoms with Gasteiger partial charge in [0.05, 0.1) is 12.7 Å². The number of aliphatic hydroxyl groups excluding tert-OH is 1. The Bertz CT molecular complexity index is 465. The topological polar surface area (TPSA) is 41.9 Å². The van der Waals surface area contributed by atoms with Crippen molar-refractivity contribution in [3.8, 4) is 5.75 Å². The van der Waals surface area contributed by atoms with E-state index in [1.54, 1.807) is 19.1 Å². The van der Waals surface area contributed by atoms with Gasteiger partial charge in [-0.3, -0.25) is 4.90 Å². The highest BCUT2D eigenvalue weighted by atomic mass is 19.1. The van der Waals surface area contributed by atoms with E-state index < -0.39 is 11.9 Å². The molecule has 1 fully saturated rings. The molecule has 1 saturated heterocycles. The van der Waals surface area contributed by atoms with Crippen LogP contribution in [-0.4, -0.2) is 48.5 Å². The van der Waals surface area contributed by atoms with E-state index in [-0.39, 0.29) is 11.9 Å². The van der Waals surface area contributed by atoms with Crippen LogP contribution in [0.4, 0.5) is 4.39 Å². The lowest BCUT2D eigenvalue weighted by Gasteiger charge is -2.35. The molecular formula is C16H24FNO3. The second-order valence-corrected chi connectivity index (χ2v) is 5.76. The molecule has 1 aromatic rings. The minimum absolute atomic E-state index is 0.0445. The van der Waals surface area contributed by atoms with Gasteiger partial charge in [-0.2, -0.15) is 0 Å². The van der Waals surface area contributed by atoms with Crippen molar-refractivity contribution in [2.45, 2.75) is 39.0 Å². The number of aliphatic hydroxyl groups is 1. The molecule has 0 amide bonds. The molecule has 4 nitrogen and oxygen atoms in total. The van der Waals surface area contributed by atoms with Crippen LogP contribution in [0.5, 0.6) is 5.75 Å². The number of halogens is 1. The van der Waals surface area contributed by atoms with Crippen molar-refractivity contribution in [2.75, 3.05) is 26.3 Å². The first-order valence-electron chi connectivity index (χ1n) is 7.43. The number of morpholine rings is 1. The molecular weight excluding hydrogens is 273 g/mol. The van der Waals surface area contributed by atoms with E-state index in [0.717, 1.165) is 13.1 Å². The SMILES string of the molecule is CC(C)N1CCOC(COc2ccc([C@H](C)O)cc2F)C1. The fourth-order valence-electron chi connectivity index (χ4n) is 2.39. The summed E-state index contributed by atoms with van der Waals surface area (Å²) in [6, 6.07) is 5.01. The Balaban J connectivity index is 1.91. The number of rotatable bonds is 5. The lowest BCUT2D eigenvalue weighted by molar-refractivity contribution is -0.0568. The van der Waals surface area contributed by atoms with E-state index in [2.05, 4.69) is 18.7 Å². The predicted octanol–water partition coefficient (Wildman–Crippen LogP) is 2.37. The van der Waals surface area contributed by atoms with Crippen LogP contribution in [0.1, 0.15) is 32.4 Å². The van der Waals surface area contributed by atoms with Gasteiger partial charge in [0.25, 0.3) is 0 Å². The minimum Gasteiger partial charge on any atom is -0.488 e. The van der Waals surface area contributed by atoms with Gasteiger partial charge in [0.2, 0.25) is 0 Å². The number of benzene rings is 1. The van der Waals surface area contributed by atoms with E-state index in [1.165, 1.54) is 6.07 Å². The molecule has 0 aromatic heterocycles. The minimum atomic E-state index is -0.685. The van der Waals surface area contributed by atoms with Gasteiger partial charge in [-0.25, -0.2) is 4.39 Å². The van der Waals surface area contributed by atoms with Crippen LogP contribution in [0.2, 0.25) is 0 Å². The number of hydrogen-bond donors (Lipinski definition) is 1. The third-order valence-corrected chi connectivity index (χ3v) is 3.76. The van der Waals surface area contributed by atoms with Gasteiger partial charge < -0.3 is 14.6 Å². The molecule has 0 spiro atoms. The molecule has 0 radical (unpaired) electrons. The van der Waals surface area contributed by atoms with Crippen molar-refractivity contribution in [3.05, 3.63) is 29.6 Å². The van der Waals surface area contributed by atoms with Crippen molar-refractivity contribution in [1.82, 2.24) is 4.90 Å². The van der Waals surface area contributed by atoms with Gasteiger partial charge in [0, 0.05) is 19.1 Å². The summed E-state index contributed by atoms with van der Waals surface area (Å²) >= 11 is 0. The largest absolute Gasteiger partial charge is 0.488 e. The third-order valence-electron chi connectivity index (χ3n) is 3.76. The molecule has 0 bridgehead atoms. The predicted molar refractivity (Wildman–Crippen MR) is 79.0 cm³/mol. The average Bonchev–Trinajstić information content (AvgIpc) is 2.46. The summed E-state index contributed by atoms with van der Waals surface area (Å²) in [7, 11) is 0. The van der Waals surface area contributed by atoms with Gasteiger partial charge in [0.15, 0.2) is 11.6 Å². The van der Waals surface area contributed by atoms with Gasteiger partial charge >= 0.3 is 0 Å². The van der Waals surface area contributed by atoms with E-state index in [0.29, 0.717) is 24.8 Å². The molecule has 5 heteroatoms. The van der Waals surface area contributed by atoms with E-state index in [1.807, 2.05) is 0 Å².